The van der Waals surface area contributed by atoms with Gasteiger partial charge >= 0.3 is 0 Å². The van der Waals surface area contributed by atoms with E-state index in [2.05, 4.69) is 9.71 Å². The maximum Gasteiger partial charge on any atom is 0.240 e. The molecule has 1 unspecified atom stereocenters. The Hall–Kier alpha value is -2.42. The zero-order valence-corrected chi connectivity index (χ0v) is 15.1. The van der Waals surface area contributed by atoms with Crippen molar-refractivity contribution in [1.82, 2.24) is 14.3 Å². The van der Waals surface area contributed by atoms with Crippen LogP contribution < -0.4 is 9.46 Å². The molecule has 1 atom stereocenters. The Morgan fingerprint density at radius 2 is 2.08 bits per heavy atom. The van der Waals surface area contributed by atoms with Crippen molar-refractivity contribution >= 4 is 21.1 Å². The summed E-state index contributed by atoms with van der Waals surface area (Å²) in [6.45, 7) is 1.03. The molecule has 8 heteroatoms. The first-order chi connectivity index (χ1) is 12.6. The van der Waals surface area contributed by atoms with Crippen LogP contribution in [0.4, 0.5) is 0 Å². The number of nitrogens with one attached hydrogen (secondary N) is 1. The van der Waals surface area contributed by atoms with E-state index in [9.17, 15) is 8.42 Å². The molecule has 1 aliphatic heterocycles. The summed E-state index contributed by atoms with van der Waals surface area (Å²) in [5.74, 6) is 1.51. The van der Waals surface area contributed by atoms with Crippen molar-refractivity contribution < 1.29 is 17.9 Å². The van der Waals surface area contributed by atoms with E-state index in [1.807, 2.05) is 22.8 Å². The molecular weight excluding hydrogens is 354 g/mol. The summed E-state index contributed by atoms with van der Waals surface area (Å²) in [5, 5.41) is 0. The maximum absolute atomic E-state index is 12.5. The van der Waals surface area contributed by atoms with E-state index in [0.717, 1.165) is 22.6 Å². The number of nitrogens with zero attached hydrogens (tertiary/aromatic N) is 2. The Labute approximate surface area is 151 Å². The van der Waals surface area contributed by atoms with Gasteiger partial charge in [0.2, 0.25) is 10.0 Å². The van der Waals surface area contributed by atoms with Crippen molar-refractivity contribution in [2.45, 2.75) is 17.5 Å². The summed E-state index contributed by atoms with van der Waals surface area (Å²) < 4.78 is 40.6. The highest BCUT2D eigenvalue weighted by Crippen LogP contribution is 2.28. The van der Waals surface area contributed by atoms with Crippen LogP contribution in [0.3, 0.4) is 0 Å². The lowest BCUT2D eigenvalue weighted by atomic mass is 10.2. The minimum Gasteiger partial charge on any atom is -0.497 e. The van der Waals surface area contributed by atoms with Crippen molar-refractivity contribution in [1.29, 1.82) is 0 Å². The van der Waals surface area contributed by atoms with Gasteiger partial charge in [-0.1, -0.05) is 18.2 Å². The fraction of sp³-hybridized carbons (Fsp3) is 0.278. The summed E-state index contributed by atoms with van der Waals surface area (Å²) in [6, 6.07) is 13.8. The van der Waals surface area contributed by atoms with Crippen molar-refractivity contribution in [2.24, 2.45) is 0 Å². The zero-order chi connectivity index (χ0) is 18.1. The lowest BCUT2D eigenvalue weighted by Gasteiger charge is -2.26. The summed E-state index contributed by atoms with van der Waals surface area (Å²) >= 11 is 0. The monoisotopic (exact) mass is 373 g/mol. The van der Waals surface area contributed by atoms with Crippen molar-refractivity contribution in [2.75, 3.05) is 20.3 Å². The number of hydrogen-bond donors (Lipinski definition) is 1. The first kappa shape index (κ1) is 17.0. The second-order valence-corrected chi connectivity index (χ2v) is 7.85. The van der Waals surface area contributed by atoms with Crippen LogP contribution in [-0.4, -0.2) is 38.2 Å². The number of fused-ring (bicyclic) bond motifs is 3. The molecule has 0 amide bonds. The summed E-state index contributed by atoms with van der Waals surface area (Å²) in [7, 11) is -1.96. The van der Waals surface area contributed by atoms with Gasteiger partial charge in [-0.15, -0.1) is 0 Å². The number of benzene rings is 2. The fourth-order valence-corrected chi connectivity index (χ4v) is 4.25. The Morgan fingerprint density at radius 1 is 1.27 bits per heavy atom. The first-order valence-corrected chi connectivity index (χ1v) is 9.74. The van der Waals surface area contributed by atoms with Gasteiger partial charge in [-0.25, -0.2) is 18.1 Å². The lowest BCUT2D eigenvalue weighted by Crippen LogP contribution is -2.35. The van der Waals surface area contributed by atoms with Gasteiger partial charge in [0.05, 0.1) is 35.7 Å². The van der Waals surface area contributed by atoms with Gasteiger partial charge < -0.3 is 14.0 Å². The number of rotatable bonds is 5. The molecule has 4 rings (SSSR count). The molecule has 0 bridgehead atoms. The van der Waals surface area contributed by atoms with E-state index in [4.69, 9.17) is 9.47 Å². The minimum atomic E-state index is -3.58. The highest BCUT2D eigenvalue weighted by molar-refractivity contribution is 7.89. The molecule has 0 radical (unpaired) electrons. The SMILES string of the molecule is COc1ccc2nc3n(c2c1)C(CNS(=O)(=O)c1ccccc1)COC3. The zero-order valence-electron chi connectivity index (χ0n) is 14.3. The fourth-order valence-electron chi connectivity index (χ4n) is 3.16. The van der Waals surface area contributed by atoms with Crippen molar-refractivity contribution in [3.63, 3.8) is 0 Å². The average molecular weight is 373 g/mol. The van der Waals surface area contributed by atoms with Gasteiger partial charge in [0.25, 0.3) is 0 Å². The quantitative estimate of drug-likeness (QED) is 0.741. The van der Waals surface area contributed by atoms with E-state index in [-0.39, 0.29) is 17.5 Å². The van der Waals surface area contributed by atoms with E-state index >= 15 is 0 Å². The molecule has 0 saturated heterocycles. The molecule has 0 spiro atoms. The van der Waals surface area contributed by atoms with E-state index in [1.54, 1.807) is 37.4 Å². The molecule has 0 aliphatic carbocycles. The largest absolute Gasteiger partial charge is 0.497 e. The molecule has 0 saturated carbocycles. The summed E-state index contributed by atoms with van der Waals surface area (Å²) in [5.41, 5.74) is 1.74. The summed E-state index contributed by atoms with van der Waals surface area (Å²) in [4.78, 5) is 4.83. The Morgan fingerprint density at radius 3 is 2.85 bits per heavy atom. The predicted molar refractivity (Wildman–Crippen MR) is 96.6 cm³/mol. The Bertz CT molecular complexity index is 1030. The van der Waals surface area contributed by atoms with Gasteiger partial charge in [-0.05, 0) is 24.3 Å². The number of methoxy groups -OCH3 is 1. The Kier molecular flexibility index (Phi) is 4.39. The van der Waals surface area contributed by atoms with Crippen molar-refractivity contribution in [3.05, 3.63) is 54.4 Å². The van der Waals surface area contributed by atoms with Crippen LogP contribution in [-0.2, 0) is 21.4 Å². The van der Waals surface area contributed by atoms with Gasteiger partial charge in [-0.3, -0.25) is 0 Å². The number of aromatic nitrogens is 2. The standard InChI is InChI=1S/C18H19N3O4S/c1-24-14-7-8-16-17(9-14)21-13(11-25-12-18(21)20-16)10-19-26(22,23)15-5-3-2-4-6-15/h2-9,13,19H,10-12H2,1H3. The smallest absolute Gasteiger partial charge is 0.240 e. The Balaban J connectivity index is 1.64. The molecule has 26 heavy (non-hydrogen) atoms. The first-order valence-electron chi connectivity index (χ1n) is 8.26. The second-order valence-electron chi connectivity index (χ2n) is 6.09. The van der Waals surface area contributed by atoms with Crippen LogP contribution in [0, 0.1) is 0 Å². The van der Waals surface area contributed by atoms with Crippen LogP contribution in [0.25, 0.3) is 11.0 Å². The van der Waals surface area contributed by atoms with E-state index in [0.29, 0.717) is 13.2 Å². The molecule has 2 heterocycles. The second kappa shape index (κ2) is 6.71. The number of sulfonamides is 1. The van der Waals surface area contributed by atoms with Crippen molar-refractivity contribution in [3.8, 4) is 5.75 Å². The maximum atomic E-state index is 12.5. The molecule has 1 aromatic heterocycles. The third kappa shape index (κ3) is 3.07. The van der Waals surface area contributed by atoms with Gasteiger partial charge in [0.1, 0.15) is 18.2 Å². The number of imidazole rings is 1. The predicted octanol–water partition coefficient (Wildman–Crippen LogP) is 2.09. The molecular formula is C18H19N3O4S. The van der Waals surface area contributed by atoms with Crippen LogP contribution in [0.2, 0.25) is 0 Å². The molecule has 2 aromatic carbocycles. The van der Waals surface area contributed by atoms with Gasteiger partial charge in [-0.2, -0.15) is 0 Å². The third-order valence-electron chi connectivity index (χ3n) is 4.44. The molecule has 0 fully saturated rings. The normalized spacial score (nSPS) is 17.2. The third-order valence-corrected chi connectivity index (χ3v) is 5.88. The number of ether oxygens (including phenoxy) is 2. The van der Waals surface area contributed by atoms with Crippen LogP contribution >= 0.6 is 0 Å². The van der Waals surface area contributed by atoms with E-state index < -0.39 is 10.0 Å². The molecule has 1 aliphatic rings. The highest BCUT2D eigenvalue weighted by Gasteiger charge is 2.26. The molecule has 3 aromatic rings. The average Bonchev–Trinajstić information content (AvgIpc) is 3.05. The van der Waals surface area contributed by atoms with E-state index in [1.165, 1.54) is 0 Å². The number of hydrogen-bond acceptors (Lipinski definition) is 5. The van der Waals surface area contributed by atoms with Crippen LogP contribution in [0.1, 0.15) is 11.9 Å². The minimum absolute atomic E-state index is 0.186. The molecule has 7 nitrogen and oxygen atoms in total. The topological polar surface area (TPSA) is 82.5 Å². The highest BCUT2D eigenvalue weighted by atomic mass is 32.2. The lowest BCUT2D eigenvalue weighted by molar-refractivity contribution is 0.0581. The van der Waals surface area contributed by atoms with Crippen LogP contribution in [0.15, 0.2) is 53.4 Å². The van der Waals surface area contributed by atoms with Crippen LogP contribution in [0.5, 0.6) is 5.75 Å². The van der Waals surface area contributed by atoms with Gasteiger partial charge in [0, 0.05) is 12.6 Å². The molecule has 1 N–H and O–H groups in total. The summed E-state index contributed by atoms with van der Waals surface area (Å²) in [6.07, 6.45) is 0. The molecule has 136 valence electrons. The van der Waals surface area contributed by atoms with Gasteiger partial charge in [0.15, 0.2) is 0 Å².